The number of benzene rings is 1. The average molecular weight is 279 g/mol. The van der Waals surface area contributed by atoms with Crippen LogP contribution in [-0.2, 0) is 11.0 Å². The molecule has 1 aliphatic rings. The van der Waals surface area contributed by atoms with Crippen LogP contribution in [0.15, 0.2) is 18.2 Å². The second-order valence-electron chi connectivity index (χ2n) is 4.30. The molecule has 0 radical (unpaired) electrons. The SMILES string of the molecule is NC1(C(=O)Nc2ccc(Cl)c(C(F)(F)F)c2)CC1. The maximum atomic E-state index is 12.6. The first-order chi connectivity index (χ1) is 8.22. The average Bonchev–Trinajstić information content (AvgIpc) is 2.99. The molecular formula is C11H10ClF3N2O. The molecule has 1 aromatic rings. The van der Waals surface area contributed by atoms with Crippen molar-refractivity contribution in [2.24, 2.45) is 5.73 Å². The van der Waals surface area contributed by atoms with Crippen molar-refractivity contribution in [1.82, 2.24) is 0 Å². The molecule has 0 saturated heterocycles. The van der Waals surface area contributed by atoms with Gasteiger partial charge >= 0.3 is 6.18 Å². The topological polar surface area (TPSA) is 55.1 Å². The van der Waals surface area contributed by atoms with Crippen LogP contribution in [0, 0.1) is 0 Å². The molecule has 0 bridgehead atoms. The molecular weight excluding hydrogens is 269 g/mol. The number of anilines is 1. The van der Waals surface area contributed by atoms with Gasteiger partial charge in [0.2, 0.25) is 5.91 Å². The molecule has 0 atom stereocenters. The molecule has 1 fully saturated rings. The Kier molecular flexibility index (Phi) is 3.03. The van der Waals surface area contributed by atoms with Crippen molar-refractivity contribution in [3.8, 4) is 0 Å². The van der Waals surface area contributed by atoms with E-state index in [2.05, 4.69) is 5.32 Å². The minimum absolute atomic E-state index is 0.0356. The number of carbonyl (C=O) groups is 1. The minimum Gasteiger partial charge on any atom is -0.324 e. The van der Waals surface area contributed by atoms with Gasteiger partial charge in [0.15, 0.2) is 0 Å². The summed E-state index contributed by atoms with van der Waals surface area (Å²) in [6, 6.07) is 3.20. The van der Waals surface area contributed by atoms with Gasteiger partial charge in [-0.05, 0) is 31.0 Å². The number of alkyl halides is 3. The standard InChI is InChI=1S/C11H10ClF3N2O/c12-8-2-1-6(5-7(8)11(13,14)15)17-9(18)10(16)3-4-10/h1-2,5H,3-4,16H2,(H,17,18). The van der Waals surface area contributed by atoms with Crippen molar-refractivity contribution < 1.29 is 18.0 Å². The van der Waals surface area contributed by atoms with Crippen LogP contribution < -0.4 is 11.1 Å². The summed E-state index contributed by atoms with van der Waals surface area (Å²) in [6.45, 7) is 0. The van der Waals surface area contributed by atoms with Gasteiger partial charge in [-0.3, -0.25) is 4.79 Å². The predicted molar refractivity (Wildman–Crippen MR) is 61.2 cm³/mol. The summed E-state index contributed by atoms with van der Waals surface area (Å²) < 4.78 is 37.8. The minimum atomic E-state index is -4.56. The van der Waals surface area contributed by atoms with E-state index in [9.17, 15) is 18.0 Å². The zero-order valence-electron chi connectivity index (χ0n) is 9.14. The Morgan fingerprint density at radius 3 is 2.50 bits per heavy atom. The summed E-state index contributed by atoms with van der Waals surface area (Å²) in [5.74, 6) is -0.474. The zero-order chi connectivity index (χ0) is 13.6. The summed E-state index contributed by atoms with van der Waals surface area (Å²) in [5, 5.41) is 1.95. The molecule has 1 aromatic carbocycles. The molecule has 1 aliphatic carbocycles. The van der Waals surface area contributed by atoms with Crippen LogP contribution in [0.1, 0.15) is 18.4 Å². The highest BCUT2D eigenvalue weighted by atomic mass is 35.5. The van der Waals surface area contributed by atoms with Crippen LogP contribution >= 0.6 is 11.6 Å². The monoisotopic (exact) mass is 278 g/mol. The summed E-state index contributed by atoms with van der Waals surface area (Å²) in [4.78, 5) is 11.6. The third kappa shape index (κ3) is 2.59. The largest absolute Gasteiger partial charge is 0.417 e. The van der Waals surface area contributed by atoms with Crippen molar-refractivity contribution in [2.75, 3.05) is 5.32 Å². The van der Waals surface area contributed by atoms with Crippen LogP contribution in [0.2, 0.25) is 5.02 Å². The van der Waals surface area contributed by atoms with E-state index in [4.69, 9.17) is 17.3 Å². The highest BCUT2D eigenvalue weighted by Gasteiger charge is 2.46. The molecule has 0 unspecified atom stereocenters. The lowest BCUT2D eigenvalue weighted by Crippen LogP contribution is -2.37. The van der Waals surface area contributed by atoms with Gasteiger partial charge in [-0.15, -0.1) is 0 Å². The Labute approximate surface area is 106 Å². The number of halogens is 4. The van der Waals surface area contributed by atoms with Crippen LogP contribution in [0.5, 0.6) is 0 Å². The van der Waals surface area contributed by atoms with Gasteiger partial charge in [-0.2, -0.15) is 13.2 Å². The Morgan fingerprint density at radius 2 is 2.00 bits per heavy atom. The lowest BCUT2D eigenvalue weighted by atomic mass is 10.1. The van der Waals surface area contributed by atoms with Crippen LogP contribution in [0.3, 0.4) is 0 Å². The van der Waals surface area contributed by atoms with Gasteiger partial charge in [-0.25, -0.2) is 0 Å². The molecule has 1 amide bonds. The first-order valence-corrected chi connectivity index (χ1v) is 5.57. The van der Waals surface area contributed by atoms with Gasteiger partial charge in [0.1, 0.15) is 0 Å². The van der Waals surface area contributed by atoms with E-state index in [1.54, 1.807) is 0 Å². The Hall–Kier alpha value is -1.27. The second-order valence-corrected chi connectivity index (χ2v) is 4.71. The molecule has 18 heavy (non-hydrogen) atoms. The van der Waals surface area contributed by atoms with E-state index in [1.807, 2.05) is 0 Å². The molecule has 0 heterocycles. The Bertz CT molecular complexity index is 498. The zero-order valence-corrected chi connectivity index (χ0v) is 9.90. The summed E-state index contributed by atoms with van der Waals surface area (Å²) in [5.41, 5.74) is 3.75. The van der Waals surface area contributed by atoms with Gasteiger partial charge in [-0.1, -0.05) is 11.6 Å². The van der Waals surface area contributed by atoms with Crippen molar-refractivity contribution in [1.29, 1.82) is 0 Å². The Morgan fingerprint density at radius 1 is 1.39 bits per heavy atom. The molecule has 2 rings (SSSR count). The number of hydrogen-bond acceptors (Lipinski definition) is 2. The van der Waals surface area contributed by atoms with Gasteiger partial charge in [0.05, 0.1) is 16.1 Å². The van der Waals surface area contributed by atoms with Crippen molar-refractivity contribution in [3.63, 3.8) is 0 Å². The molecule has 3 nitrogen and oxygen atoms in total. The number of amides is 1. The highest BCUT2D eigenvalue weighted by Crippen LogP contribution is 2.37. The van der Waals surface area contributed by atoms with Crippen molar-refractivity contribution in [3.05, 3.63) is 28.8 Å². The first kappa shape index (κ1) is 13.2. The predicted octanol–water partition coefficient (Wildman–Crippen LogP) is 2.79. The molecule has 98 valence electrons. The van der Waals surface area contributed by atoms with E-state index < -0.39 is 28.2 Å². The van der Waals surface area contributed by atoms with E-state index in [-0.39, 0.29) is 5.69 Å². The first-order valence-electron chi connectivity index (χ1n) is 5.19. The fourth-order valence-electron chi connectivity index (χ4n) is 1.44. The van der Waals surface area contributed by atoms with Gasteiger partial charge in [0.25, 0.3) is 0 Å². The molecule has 7 heteroatoms. The van der Waals surface area contributed by atoms with Crippen LogP contribution in [-0.4, -0.2) is 11.4 Å². The Balaban J connectivity index is 2.22. The number of carbonyl (C=O) groups excluding carboxylic acids is 1. The quantitative estimate of drug-likeness (QED) is 0.874. The van der Waals surface area contributed by atoms with E-state index in [1.165, 1.54) is 6.07 Å². The lowest BCUT2D eigenvalue weighted by Gasteiger charge is -2.13. The molecule has 3 N–H and O–H groups in total. The van der Waals surface area contributed by atoms with E-state index in [0.717, 1.165) is 12.1 Å². The van der Waals surface area contributed by atoms with E-state index in [0.29, 0.717) is 12.8 Å². The fraction of sp³-hybridized carbons (Fsp3) is 0.364. The van der Waals surface area contributed by atoms with E-state index >= 15 is 0 Å². The number of hydrogen-bond donors (Lipinski definition) is 2. The van der Waals surface area contributed by atoms with Crippen molar-refractivity contribution in [2.45, 2.75) is 24.6 Å². The third-order valence-corrected chi connectivity index (χ3v) is 3.10. The number of nitrogens with one attached hydrogen (secondary N) is 1. The normalized spacial score (nSPS) is 17.4. The fourth-order valence-corrected chi connectivity index (χ4v) is 1.66. The third-order valence-electron chi connectivity index (χ3n) is 2.77. The summed E-state index contributed by atoms with van der Waals surface area (Å²) >= 11 is 5.46. The summed E-state index contributed by atoms with van der Waals surface area (Å²) in [7, 11) is 0. The lowest BCUT2D eigenvalue weighted by molar-refractivity contribution is -0.137. The smallest absolute Gasteiger partial charge is 0.324 e. The van der Waals surface area contributed by atoms with Crippen LogP contribution in [0.25, 0.3) is 0 Å². The molecule has 1 saturated carbocycles. The van der Waals surface area contributed by atoms with Gasteiger partial charge < -0.3 is 11.1 Å². The second kappa shape index (κ2) is 4.13. The van der Waals surface area contributed by atoms with Crippen LogP contribution in [0.4, 0.5) is 18.9 Å². The molecule has 0 aliphatic heterocycles. The highest BCUT2D eigenvalue weighted by molar-refractivity contribution is 6.31. The van der Waals surface area contributed by atoms with Crippen molar-refractivity contribution >= 4 is 23.2 Å². The maximum absolute atomic E-state index is 12.6. The molecule has 0 aromatic heterocycles. The van der Waals surface area contributed by atoms with Gasteiger partial charge in [0, 0.05) is 5.69 Å². The maximum Gasteiger partial charge on any atom is 0.417 e. The summed E-state index contributed by atoms with van der Waals surface area (Å²) in [6.07, 6.45) is -3.48. The number of rotatable bonds is 2. The number of nitrogens with two attached hydrogens (primary N) is 1. The molecule has 0 spiro atoms.